The number of amides is 1. The maximum atomic E-state index is 12.0. The molecular weight excluding hydrogens is 230 g/mol. The van der Waals surface area contributed by atoms with Crippen molar-refractivity contribution >= 4 is 16.9 Å². The molecule has 0 aliphatic rings. The molecule has 0 aliphatic heterocycles. The molecule has 0 unspecified atom stereocenters. The lowest BCUT2D eigenvalue weighted by atomic mass is 10.1. The predicted octanol–water partition coefficient (Wildman–Crippen LogP) is 3.20. The van der Waals surface area contributed by atoms with Crippen molar-refractivity contribution in [1.29, 1.82) is 0 Å². The summed E-state index contributed by atoms with van der Waals surface area (Å²) in [6.07, 6.45) is 0. The Morgan fingerprint density at radius 3 is 2.56 bits per heavy atom. The lowest BCUT2D eigenvalue weighted by Gasteiger charge is -2.18. The highest BCUT2D eigenvalue weighted by molar-refractivity contribution is 5.98. The van der Waals surface area contributed by atoms with Crippen LogP contribution < -0.4 is 5.48 Å². The van der Waals surface area contributed by atoms with E-state index in [1.54, 1.807) is 0 Å². The number of hydroxylamine groups is 1. The number of para-hydroxylation sites is 1. The van der Waals surface area contributed by atoms with Gasteiger partial charge in [0.25, 0.3) is 0 Å². The van der Waals surface area contributed by atoms with E-state index in [1.807, 2.05) is 52.0 Å². The van der Waals surface area contributed by atoms with Crippen molar-refractivity contribution < 1.29 is 14.0 Å². The van der Waals surface area contributed by atoms with E-state index in [-0.39, 0.29) is 5.91 Å². The molecular formula is C14H17NO3. The first-order chi connectivity index (χ1) is 8.38. The summed E-state index contributed by atoms with van der Waals surface area (Å²) in [4.78, 5) is 17.2. The van der Waals surface area contributed by atoms with Crippen molar-refractivity contribution in [3.05, 3.63) is 35.6 Å². The zero-order valence-electron chi connectivity index (χ0n) is 11.0. The number of furan rings is 1. The van der Waals surface area contributed by atoms with Crippen molar-refractivity contribution in [2.75, 3.05) is 0 Å². The van der Waals surface area contributed by atoms with E-state index in [0.29, 0.717) is 11.3 Å². The molecule has 0 atom stereocenters. The number of hydrogen-bond acceptors (Lipinski definition) is 3. The van der Waals surface area contributed by atoms with Gasteiger partial charge in [0.1, 0.15) is 5.58 Å². The van der Waals surface area contributed by atoms with E-state index in [0.717, 1.165) is 10.9 Å². The van der Waals surface area contributed by atoms with Gasteiger partial charge in [-0.2, -0.15) is 0 Å². The average molecular weight is 247 g/mol. The second-order valence-electron chi connectivity index (χ2n) is 5.20. The zero-order chi connectivity index (χ0) is 13.3. The summed E-state index contributed by atoms with van der Waals surface area (Å²) in [6.45, 7) is 7.44. The maximum absolute atomic E-state index is 12.0. The van der Waals surface area contributed by atoms with Gasteiger partial charge in [0.15, 0.2) is 5.76 Å². The van der Waals surface area contributed by atoms with Gasteiger partial charge in [-0.15, -0.1) is 0 Å². The molecule has 0 radical (unpaired) electrons. The first kappa shape index (κ1) is 12.6. The van der Waals surface area contributed by atoms with Crippen LogP contribution in [0.2, 0.25) is 0 Å². The number of carbonyl (C=O) groups is 1. The molecule has 2 aromatic rings. The topological polar surface area (TPSA) is 51.5 Å². The van der Waals surface area contributed by atoms with Gasteiger partial charge in [-0.1, -0.05) is 18.2 Å². The molecule has 1 aromatic heterocycles. The minimum atomic E-state index is -0.435. The number of nitrogens with one attached hydrogen (secondary N) is 1. The number of carbonyl (C=O) groups excluding carboxylic acids is 1. The van der Waals surface area contributed by atoms with Crippen LogP contribution in [0.5, 0.6) is 0 Å². The molecule has 18 heavy (non-hydrogen) atoms. The largest absolute Gasteiger partial charge is 0.451 e. The lowest BCUT2D eigenvalue weighted by Crippen LogP contribution is -2.33. The summed E-state index contributed by atoms with van der Waals surface area (Å²) in [5.41, 5.74) is 3.50. The maximum Gasteiger partial charge on any atom is 0.310 e. The SMILES string of the molecule is Cc1c(C(=O)NOC(C)(C)C)oc2ccccc12. The fourth-order valence-electron chi connectivity index (χ4n) is 1.64. The zero-order valence-corrected chi connectivity index (χ0v) is 11.0. The minimum Gasteiger partial charge on any atom is -0.451 e. The lowest BCUT2D eigenvalue weighted by molar-refractivity contribution is -0.0598. The number of hydrogen-bond donors (Lipinski definition) is 1. The van der Waals surface area contributed by atoms with Gasteiger partial charge in [-0.05, 0) is 33.8 Å². The monoisotopic (exact) mass is 247 g/mol. The van der Waals surface area contributed by atoms with Crippen molar-refractivity contribution in [1.82, 2.24) is 5.48 Å². The Hall–Kier alpha value is -1.81. The van der Waals surface area contributed by atoms with Crippen LogP contribution in [-0.2, 0) is 4.84 Å². The van der Waals surface area contributed by atoms with Crippen LogP contribution in [0.15, 0.2) is 28.7 Å². The first-order valence-corrected chi connectivity index (χ1v) is 5.85. The number of rotatable bonds is 2. The first-order valence-electron chi connectivity index (χ1n) is 5.85. The van der Waals surface area contributed by atoms with Crippen LogP contribution in [-0.4, -0.2) is 11.5 Å². The van der Waals surface area contributed by atoms with Crippen LogP contribution in [0.1, 0.15) is 36.9 Å². The second kappa shape index (κ2) is 4.46. The molecule has 4 heteroatoms. The molecule has 0 saturated carbocycles. The Kier molecular flexibility index (Phi) is 3.13. The van der Waals surface area contributed by atoms with E-state index >= 15 is 0 Å². The van der Waals surface area contributed by atoms with Crippen LogP contribution in [0, 0.1) is 6.92 Å². The van der Waals surface area contributed by atoms with E-state index in [1.165, 1.54) is 0 Å². The van der Waals surface area contributed by atoms with Crippen LogP contribution in [0.25, 0.3) is 11.0 Å². The Morgan fingerprint density at radius 2 is 1.94 bits per heavy atom. The highest BCUT2D eigenvalue weighted by atomic mass is 16.7. The molecule has 2 rings (SSSR count). The van der Waals surface area contributed by atoms with Gasteiger partial charge in [-0.3, -0.25) is 9.63 Å². The van der Waals surface area contributed by atoms with Crippen molar-refractivity contribution in [3.8, 4) is 0 Å². The summed E-state index contributed by atoms with van der Waals surface area (Å²) >= 11 is 0. The molecule has 4 nitrogen and oxygen atoms in total. The molecule has 0 aliphatic carbocycles. The van der Waals surface area contributed by atoms with Crippen molar-refractivity contribution in [3.63, 3.8) is 0 Å². The van der Waals surface area contributed by atoms with E-state index < -0.39 is 5.60 Å². The summed E-state index contributed by atoms with van der Waals surface area (Å²) in [7, 11) is 0. The van der Waals surface area contributed by atoms with Crippen LogP contribution >= 0.6 is 0 Å². The molecule has 0 fully saturated rings. The normalized spacial score (nSPS) is 11.8. The van der Waals surface area contributed by atoms with Gasteiger partial charge < -0.3 is 4.42 Å². The highest BCUT2D eigenvalue weighted by Crippen LogP contribution is 2.24. The summed E-state index contributed by atoms with van der Waals surface area (Å²) < 4.78 is 5.53. The van der Waals surface area contributed by atoms with Crippen LogP contribution in [0.4, 0.5) is 0 Å². The van der Waals surface area contributed by atoms with E-state index in [9.17, 15) is 4.79 Å². The van der Waals surface area contributed by atoms with E-state index in [4.69, 9.17) is 9.25 Å². The fraction of sp³-hybridized carbons (Fsp3) is 0.357. The number of aryl methyl sites for hydroxylation is 1. The minimum absolute atomic E-state index is 0.292. The van der Waals surface area contributed by atoms with Gasteiger partial charge in [0, 0.05) is 10.9 Å². The summed E-state index contributed by atoms with van der Waals surface area (Å²) in [6, 6.07) is 7.55. The smallest absolute Gasteiger partial charge is 0.310 e. The molecule has 1 N–H and O–H groups in total. The molecule has 0 saturated heterocycles. The quantitative estimate of drug-likeness (QED) is 0.829. The third-order valence-corrected chi connectivity index (χ3v) is 2.50. The van der Waals surface area contributed by atoms with Crippen LogP contribution in [0.3, 0.4) is 0 Å². The standard InChI is InChI=1S/C14H17NO3/c1-9-10-7-5-6-8-11(10)17-12(9)13(16)15-18-14(2,3)4/h5-8H,1-4H3,(H,15,16). The van der Waals surface area contributed by atoms with Gasteiger partial charge in [0.05, 0.1) is 5.60 Å². The van der Waals surface area contributed by atoms with Gasteiger partial charge in [-0.25, -0.2) is 5.48 Å². The van der Waals surface area contributed by atoms with Gasteiger partial charge >= 0.3 is 5.91 Å². The molecule has 1 aromatic carbocycles. The van der Waals surface area contributed by atoms with E-state index in [2.05, 4.69) is 5.48 Å². The fourth-order valence-corrected chi connectivity index (χ4v) is 1.64. The molecule has 0 bridgehead atoms. The van der Waals surface area contributed by atoms with Gasteiger partial charge in [0.2, 0.25) is 0 Å². The van der Waals surface area contributed by atoms with Crippen molar-refractivity contribution in [2.24, 2.45) is 0 Å². The number of benzene rings is 1. The average Bonchev–Trinajstić information content (AvgIpc) is 2.64. The number of fused-ring (bicyclic) bond motifs is 1. The third-order valence-electron chi connectivity index (χ3n) is 2.50. The third kappa shape index (κ3) is 2.54. The molecule has 96 valence electrons. The Bertz CT molecular complexity index is 578. The highest BCUT2D eigenvalue weighted by Gasteiger charge is 2.19. The molecule has 0 spiro atoms. The molecule has 1 heterocycles. The Labute approximate surface area is 106 Å². The summed E-state index contributed by atoms with van der Waals surface area (Å²) in [5.74, 6) is -0.0703. The second-order valence-corrected chi connectivity index (χ2v) is 5.20. The molecule has 1 amide bonds. The summed E-state index contributed by atoms with van der Waals surface area (Å²) in [5, 5.41) is 0.943. The Balaban J connectivity index is 2.26. The predicted molar refractivity (Wildman–Crippen MR) is 69.3 cm³/mol. The van der Waals surface area contributed by atoms with Crippen molar-refractivity contribution in [2.45, 2.75) is 33.3 Å². The Morgan fingerprint density at radius 1 is 1.28 bits per heavy atom.